The summed E-state index contributed by atoms with van der Waals surface area (Å²) in [6, 6.07) is 0.379. The van der Waals surface area contributed by atoms with Crippen LogP contribution in [-0.4, -0.2) is 47.9 Å². The minimum absolute atomic E-state index is 0.0716. The van der Waals surface area contributed by atoms with Crippen LogP contribution in [0.15, 0.2) is 5.38 Å². The first-order valence-electron chi connectivity index (χ1n) is 8.00. The van der Waals surface area contributed by atoms with E-state index in [0.717, 1.165) is 31.6 Å². The normalized spacial score (nSPS) is 18.8. The van der Waals surface area contributed by atoms with Crippen molar-refractivity contribution in [3.63, 3.8) is 0 Å². The van der Waals surface area contributed by atoms with Gasteiger partial charge in [0.1, 0.15) is 0 Å². The van der Waals surface area contributed by atoms with E-state index in [1.165, 1.54) is 11.3 Å². The molecule has 2 heterocycles. The summed E-state index contributed by atoms with van der Waals surface area (Å²) >= 11 is 1.36. The summed E-state index contributed by atoms with van der Waals surface area (Å²) in [5.74, 6) is 0.0292. The summed E-state index contributed by atoms with van der Waals surface area (Å²) in [5.41, 5.74) is 0.258. The minimum Gasteiger partial charge on any atom is -0.341 e. The van der Waals surface area contributed by atoms with E-state index >= 15 is 0 Å². The number of amides is 2. The molecule has 23 heavy (non-hydrogen) atoms. The van der Waals surface area contributed by atoms with Crippen LogP contribution in [0.3, 0.4) is 0 Å². The molecular weight excluding hydrogens is 312 g/mol. The van der Waals surface area contributed by atoms with Gasteiger partial charge in [-0.05, 0) is 19.9 Å². The number of piperidine rings is 1. The van der Waals surface area contributed by atoms with Crippen molar-refractivity contribution in [1.82, 2.24) is 15.2 Å². The molecule has 2 amide bonds. The Bertz CT molecular complexity index is 565. The molecule has 2 rings (SSSR count). The molecule has 0 aromatic carbocycles. The number of anilines is 1. The maximum atomic E-state index is 12.4. The number of thiazole rings is 1. The first-order chi connectivity index (χ1) is 10.8. The summed E-state index contributed by atoms with van der Waals surface area (Å²) in [4.78, 5) is 30.6. The molecule has 1 fully saturated rings. The number of nitrogens with zero attached hydrogens (tertiary/aromatic N) is 2. The Morgan fingerprint density at radius 1 is 1.43 bits per heavy atom. The van der Waals surface area contributed by atoms with Gasteiger partial charge < -0.3 is 15.5 Å². The molecule has 0 bridgehead atoms. The second-order valence-corrected chi connectivity index (χ2v) is 7.85. The standard InChI is InChI=1S/C16H26N4O2S/c1-16(2,3)14(22)19-15-18-12(10-23-15)8-13(21)20-7-5-6-11(9-20)17-4/h10-11,17H,5-9H2,1-4H3,(H,18,19,22). The summed E-state index contributed by atoms with van der Waals surface area (Å²) in [6.45, 7) is 7.14. The van der Waals surface area contributed by atoms with E-state index in [2.05, 4.69) is 15.6 Å². The third kappa shape index (κ3) is 5.00. The van der Waals surface area contributed by atoms with Crippen LogP contribution < -0.4 is 10.6 Å². The molecule has 1 unspecified atom stereocenters. The Labute approximate surface area is 141 Å². The molecule has 0 saturated carbocycles. The van der Waals surface area contributed by atoms with Crippen LogP contribution in [0.1, 0.15) is 39.3 Å². The molecule has 6 nitrogen and oxygen atoms in total. The lowest BCUT2D eigenvalue weighted by Crippen LogP contribution is -2.47. The zero-order chi connectivity index (χ0) is 17.0. The van der Waals surface area contributed by atoms with Crippen molar-refractivity contribution < 1.29 is 9.59 Å². The molecule has 1 aromatic heterocycles. The van der Waals surface area contributed by atoms with Gasteiger partial charge in [0.05, 0.1) is 12.1 Å². The second-order valence-electron chi connectivity index (χ2n) is 6.99. The number of likely N-dealkylation sites (tertiary alicyclic amines) is 1. The van der Waals surface area contributed by atoms with Gasteiger partial charge in [-0.3, -0.25) is 9.59 Å². The first kappa shape index (κ1) is 17.9. The minimum atomic E-state index is -0.461. The number of carbonyl (C=O) groups excluding carboxylic acids is 2. The lowest BCUT2D eigenvalue weighted by molar-refractivity contribution is -0.131. The maximum Gasteiger partial charge on any atom is 0.231 e. The van der Waals surface area contributed by atoms with E-state index in [4.69, 9.17) is 0 Å². The number of likely N-dealkylation sites (N-methyl/N-ethyl adjacent to an activating group) is 1. The monoisotopic (exact) mass is 338 g/mol. The fourth-order valence-electron chi connectivity index (χ4n) is 2.44. The predicted molar refractivity (Wildman–Crippen MR) is 92.6 cm³/mol. The van der Waals surface area contributed by atoms with Gasteiger partial charge in [-0.15, -0.1) is 11.3 Å². The smallest absolute Gasteiger partial charge is 0.231 e. The zero-order valence-corrected chi connectivity index (χ0v) is 15.1. The topological polar surface area (TPSA) is 74.3 Å². The van der Waals surface area contributed by atoms with Gasteiger partial charge in [0.2, 0.25) is 11.8 Å². The van der Waals surface area contributed by atoms with E-state index in [1.807, 2.05) is 38.1 Å². The maximum absolute atomic E-state index is 12.4. The fraction of sp³-hybridized carbons (Fsp3) is 0.688. The second kappa shape index (κ2) is 7.40. The molecule has 1 aliphatic heterocycles. The van der Waals surface area contributed by atoms with Gasteiger partial charge in [-0.1, -0.05) is 20.8 Å². The van der Waals surface area contributed by atoms with Crippen LogP contribution in [0.2, 0.25) is 0 Å². The average molecular weight is 338 g/mol. The summed E-state index contributed by atoms with van der Waals surface area (Å²) in [6.07, 6.45) is 2.43. The van der Waals surface area contributed by atoms with E-state index < -0.39 is 5.41 Å². The molecule has 2 N–H and O–H groups in total. The molecule has 0 radical (unpaired) electrons. The molecule has 0 spiro atoms. The van der Waals surface area contributed by atoms with E-state index in [-0.39, 0.29) is 11.8 Å². The van der Waals surface area contributed by atoms with Crippen LogP contribution in [-0.2, 0) is 16.0 Å². The first-order valence-corrected chi connectivity index (χ1v) is 8.88. The number of rotatable bonds is 4. The molecular formula is C16H26N4O2S. The number of nitrogens with one attached hydrogen (secondary N) is 2. The Morgan fingerprint density at radius 2 is 2.17 bits per heavy atom. The highest BCUT2D eigenvalue weighted by molar-refractivity contribution is 7.13. The van der Waals surface area contributed by atoms with Gasteiger partial charge in [0, 0.05) is 29.9 Å². The van der Waals surface area contributed by atoms with Crippen molar-refractivity contribution >= 4 is 28.3 Å². The number of hydrogen-bond acceptors (Lipinski definition) is 5. The summed E-state index contributed by atoms with van der Waals surface area (Å²) < 4.78 is 0. The molecule has 7 heteroatoms. The van der Waals surface area contributed by atoms with Crippen molar-refractivity contribution in [2.75, 3.05) is 25.5 Å². The highest BCUT2D eigenvalue weighted by Gasteiger charge is 2.24. The van der Waals surface area contributed by atoms with Gasteiger partial charge in [0.25, 0.3) is 0 Å². The summed E-state index contributed by atoms with van der Waals surface area (Å²) in [5, 5.41) is 8.44. The Morgan fingerprint density at radius 3 is 2.83 bits per heavy atom. The number of aromatic nitrogens is 1. The largest absolute Gasteiger partial charge is 0.341 e. The third-order valence-corrected chi connectivity index (χ3v) is 4.77. The van der Waals surface area contributed by atoms with Crippen LogP contribution in [0, 0.1) is 5.41 Å². The van der Waals surface area contributed by atoms with Crippen molar-refractivity contribution in [3.05, 3.63) is 11.1 Å². The molecule has 1 aliphatic rings. The fourth-order valence-corrected chi connectivity index (χ4v) is 3.14. The van der Waals surface area contributed by atoms with Crippen LogP contribution in [0.5, 0.6) is 0 Å². The zero-order valence-electron chi connectivity index (χ0n) is 14.3. The van der Waals surface area contributed by atoms with Crippen LogP contribution in [0.25, 0.3) is 0 Å². The highest BCUT2D eigenvalue weighted by Crippen LogP contribution is 2.21. The SMILES string of the molecule is CNC1CCCN(C(=O)Cc2csc(NC(=O)C(C)(C)C)n2)C1. The number of hydrogen-bond donors (Lipinski definition) is 2. The van der Waals surface area contributed by atoms with Crippen LogP contribution in [0.4, 0.5) is 5.13 Å². The predicted octanol–water partition coefficient (Wildman–Crippen LogP) is 1.88. The van der Waals surface area contributed by atoms with Gasteiger partial charge in [0.15, 0.2) is 5.13 Å². The summed E-state index contributed by atoms with van der Waals surface area (Å²) in [7, 11) is 1.93. The molecule has 1 atom stereocenters. The Balaban J connectivity index is 1.91. The molecule has 0 aliphatic carbocycles. The lowest BCUT2D eigenvalue weighted by atomic mass is 9.96. The van der Waals surface area contributed by atoms with Gasteiger partial charge in [-0.2, -0.15) is 0 Å². The molecule has 1 saturated heterocycles. The van der Waals surface area contributed by atoms with Crippen LogP contribution >= 0.6 is 11.3 Å². The van der Waals surface area contributed by atoms with Gasteiger partial charge in [-0.25, -0.2) is 4.98 Å². The van der Waals surface area contributed by atoms with Crippen molar-refractivity contribution in [2.24, 2.45) is 5.41 Å². The lowest BCUT2D eigenvalue weighted by Gasteiger charge is -2.32. The molecule has 1 aromatic rings. The Kier molecular flexibility index (Phi) is 5.75. The van der Waals surface area contributed by atoms with Crippen molar-refractivity contribution in [2.45, 2.75) is 46.1 Å². The quantitative estimate of drug-likeness (QED) is 0.879. The van der Waals surface area contributed by atoms with Crippen molar-refractivity contribution in [1.29, 1.82) is 0 Å². The molecule has 128 valence electrons. The van der Waals surface area contributed by atoms with Gasteiger partial charge >= 0.3 is 0 Å². The van der Waals surface area contributed by atoms with Crippen molar-refractivity contribution in [3.8, 4) is 0 Å². The third-order valence-electron chi connectivity index (χ3n) is 3.97. The highest BCUT2D eigenvalue weighted by atomic mass is 32.1. The van der Waals surface area contributed by atoms with E-state index in [0.29, 0.717) is 17.6 Å². The Hall–Kier alpha value is -1.47. The average Bonchev–Trinajstić information content (AvgIpc) is 2.93. The van der Waals surface area contributed by atoms with E-state index in [1.54, 1.807) is 0 Å². The van der Waals surface area contributed by atoms with E-state index in [9.17, 15) is 9.59 Å². The number of carbonyl (C=O) groups is 2.